The van der Waals surface area contributed by atoms with Gasteiger partial charge in [-0.25, -0.2) is 13.4 Å². The number of amides is 1. The van der Waals surface area contributed by atoms with E-state index in [1.165, 1.54) is 54.1 Å². The van der Waals surface area contributed by atoms with Crippen molar-refractivity contribution < 1.29 is 27.4 Å². The highest BCUT2D eigenvalue weighted by molar-refractivity contribution is 7.89. The van der Waals surface area contributed by atoms with E-state index < -0.39 is 10.0 Å². The van der Waals surface area contributed by atoms with E-state index in [0.717, 1.165) is 17.5 Å². The van der Waals surface area contributed by atoms with Crippen molar-refractivity contribution in [2.75, 3.05) is 58.6 Å². The normalized spacial score (nSPS) is 16.1. The van der Waals surface area contributed by atoms with Crippen LogP contribution in [0.1, 0.15) is 23.2 Å². The molecule has 1 aliphatic rings. The van der Waals surface area contributed by atoms with Gasteiger partial charge >= 0.3 is 0 Å². The SMILES string of the molecule is COCCN(CCOC)S(=O)(=O)c1ccc(C(=O)N(CC2CCCO2)c2nc3c(Cl)cccc3s2)cc1. The predicted molar refractivity (Wildman–Crippen MR) is 144 cm³/mol. The number of hydrogen-bond acceptors (Lipinski definition) is 8. The summed E-state index contributed by atoms with van der Waals surface area (Å²) in [5.41, 5.74) is 0.991. The Morgan fingerprint density at radius 1 is 1.14 bits per heavy atom. The zero-order valence-electron chi connectivity index (χ0n) is 20.8. The predicted octanol–water partition coefficient (Wildman–Crippen LogP) is 4.06. The molecule has 12 heteroatoms. The van der Waals surface area contributed by atoms with Crippen molar-refractivity contribution in [3.05, 3.63) is 53.1 Å². The van der Waals surface area contributed by atoms with Gasteiger partial charge in [-0.3, -0.25) is 9.69 Å². The summed E-state index contributed by atoms with van der Waals surface area (Å²) < 4.78 is 44.6. The fourth-order valence-electron chi connectivity index (χ4n) is 4.07. The number of sulfonamides is 1. The maximum absolute atomic E-state index is 13.7. The zero-order valence-corrected chi connectivity index (χ0v) is 23.2. The number of anilines is 1. The maximum atomic E-state index is 13.7. The molecule has 0 aliphatic carbocycles. The first-order valence-corrected chi connectivity index (χ1v) is 14.5. The molecule has 0 spiro atoms. The third kappa shape index (κ3) is 6.48. The van der Waals surface area contributed by atoms with Crippen LogP contribution in [0.5, 0.6) is 0 Å². The lowest BCUT2D eigenvalue weighted by molar-refractivity contribution is 0.0917. The average Bonchev–Trinajstić information content (AvgIpc) is 3.57. The monoisotopic (exact) mass is 567 g/mol. The summed E-state index contributed by atoms with van der Waals surface area (Å²) in [6.07, 6.45) is 1.69. The van der Waals surface area contributed by atoms with Gasteiger partial charge in [-0.15, -0.1) is 0 Å². The van der Waals surface area contributed by atoms with E-state index in [0.29, 0.717) is 34.4 Å². The molecule has 1 fully saturated rings. The first-order valence-electron chi connectivity index (χ1n) is 11.9. The average molecular weight is 568 g/mol. The molecule has 37 heavy (non-hydrogen) atoms. The third-order valence-electron chi connectivity index (χ3n) is 6.07. The summed E-state index contributed by atoms with van der Waals surface area (Å²) in [5.74, 6) is -0.287. The van der Waals surface area contributed by atoms with Crippen molar-refractivity contribution in [2.24, 2.45) is 0 Å². The second-order valence-corrected chi connectivity index (χ2v) is 11.9. The lowest BCUT2D eigenvalue weighted by atomic mass is 10.2. The number of nitrogens with zero attached hydrogens (tertiary/aromatic N) is 3. The van der Waals surface area contributed by atoms with Gasteiger partial charge in [-0.1, -0.05) is 29.0 Å². The molecule has 2 heterocycles. The smallest absolute Gasteiger partial charge is 0.260 e. The molecule has 4 rings (SSSR count). The molecule has 0 radical (unpaired) electrons. The van der Waals surface area contributed by atoms with E-state index in [9.17, 15) is 13.2 Å². The Balaban J connectivity index is 1.61. The van der Waals surface area contributed by atoms with E-state index >= 15 is 0 Å². The summed E-state index contributed by atoms with van der Waals surface area (Å²) in [6.45, 7) is 1.90. The Morgan fingerprint density at radius 2 is 1.84 bits per heavy atom. The van der Waals surface area contributed by atoms with Crippen molar-refractivity contribution in [3.63, 3.8) is 0 Å². The number of benzene rings is 2. The minimum Gasteiger partial charge on any atom is -0.383 e. The van der Waals surface area contributed by atoms with Crippen molar-refractivity contribution in [1.82, 2.24) is 9.29 Å². The number of aromatic nitrogens is 1. The minimum atomic E-state index is -3.80. The molecule has 0 N–H and O–H groups in total. The molecule has 1 atom stereocenters. The second-order valence-electron chi connectivity index (χ2n) is 8.55. The van der Waals surface area contributed by atoms with Crippen LogP contribution in [-0.4, -0.2) is 83.4 Å². The fourth-order valence-corrected chi connectivity index (χ4v) is 6.75. The van der Waals surface area contributed by atoms with Crippen LogP contribution in [0.3, 0.4) is 0 Å². The van der Waals surface area contributed by atoms with E-state index in [4.69, 9.17) is 25.8 Å². The van der Waals surface area contributed by atoms with Crippen molar-refractivity contribution >= 4 is 54.2 Å². The Kier molecular flexibility index (Phi) is 9.51. The first kappa shape index (κ1) is 27.9. The molecule has 3 aromatic rings. The standard InChI is InChI=1S/C25H30ClN3O6S2/c1-33-15-12-28(13-16-34-2)37(31,32)20-10-8-18(9-11-20)24(30)29(17-19-5-4-14-35-19)25-27-23-21(26)6-3-7-22(23)36-25/h3,6-11,19H,4-5,12-17H2,1-2H3. The quantitative estimate of drug-likeness (QED) is 0.325. The molecular weight excluding hydrogens is 538 g/mol. The molecule has 1 saturated heterocycles. The highest BCUT2D eigenvalue weighted by Gasteiger charge is 2.29. The van der Waals surface area contributed by atoms with Gasteiger partial charge in [-0.05, 0) is 49.2 Å². The highest BCUT2D eigenvalue weighted by Crippen LogP contribution is 2.34. The largest absolute Gasteiger partial charge is 0.383 e. The van der Waals surface area contributed by atoms with Crippen LogP contribution in [0.4, 0.5) is 5.13 Å². The van der Waals surface area contributed by atoms with Gasteiger partial charge in [0, 0.05) is 39.5 Å². The van der Waals surface area contributed by atoms with E-state index in [-0.39, 0.29) is 43.2 Å². The zero-order chi connectivity index (χ0) is 26.4. The lowest BCUT2D eigenvalue weighted by Crippen LogP contribution is -2.38. The van der Waals surface area contributed by atoms with E-state index in [1.807, 2.05) is 12.1 Å². The van der Waals surface area contributed by atoms with Gasteiger partial charge in [0.05, 0.1) is 40.5 Å². The summed E-state index contributed by atoms with van der Waals surface area (Å²) in [4.78, 5) is 20.0. The maximum Gasteiger partial charge on any atom is 0.260 e. The molecule has 2 aromatic carbocycles. The van der Waals surface area contributed by atoms with Crippen molar-refractivity contribution in [2.45, 2.75) is 23.8 Å². The van der Waals surface area contributed by atoms with Gasteiger partial charge in [0.25, 0.3) is 5.91 Å². The van der Waals surface area contributed by atoms with Crippen LogP contribution in [0, 0.1) is 0 Å². The van der Waals surface area contributed by atoms with Crippen LogP contribution < -0.4 is 4.90 Å². The van der Waals surface area contributed by atoms with Crippen LogP contribution in [0.2, 0.25) is 5.02 Å². The number of fused-ring (bicyclic) bond motifs is 1. The molecule has 9 nitrogen and oxygen atoms in total. The number of hydrogen-bond donors (Lipinski definition) is 0. The topological polar surface area (TPSA) is 98.3 Å². The summed E-state index contributed by atoms with van der Waals surface area (Å²) in [7, 11) is -0.763. The number of thiazole rings is 1. The number of ether oxygens (including phenoxy) is 3. The van der Waals surface area contributed by atoms with E-state index in [2.05, 4.69) is 4.98 Å². The number of methoxy groups -OCH3 is 2. The highest BCUT2D eigenvalue weighted by atomic mass is 35.5. The van der Waals surface area contributed by atoms with Gasteiger partial charge in [0.2, 0.25) is 10.0 Å². The van der Waals surface area contributed by atoms with E-state index in [1.54, 1.807) is 11.0 Å². The molecular formula is C25H30ClN3O6S2. The second kappa shape index (κ2) is 12.6. The van der Waals surface area contributed by atoms with Crippen molar-refractivity contribution in [3.8, 4) is 0 Å². The number of para-hydroxylation sites is 1. The summed E-state index contributed by atoms with van der Waals surface area (Å²) >= 11 is 7.71. The fraction of sp³-hybridized carbons (Fsp3) is 0.440. The summed E-state index contributed by atoms with van der Waals surface area (Å²) in [6, 6.07) is 11.5. The third-order valence-corrected chi connectivity index (χ3v) is 9.33. The van der Waals surface area contributed by atoms with Gasteiger partial charge in [-0.2, -0.15) is 4.31 Å². The molecule has 1 aromatic heterocycles. The minimum absolute atomic E-state index is 0.0914. The molecule has 0 saturated carbocycles. The van der Waals surface area contributed by atoms with Crippen LogP contribution in [0.15, 0.2) is 47.4 Å². The number of rotatable bonds is 12. The molecule has 0 bridgehead atoms. The number of carbonyl (C=O) groups is 1. The molecule has 200 valence electrons. The molecule has 1 aliphatic heterocycles. The van der Waals surface area contributed by atoms with Crippen LogP contribution >= 0.6 is 22.9 Å². The van der Waals surface area contributed by atoms with Gasteiger partial charge < -0.3 is 14.2 Å². The molecule has 1 unspecified atom stereocenters. The lowest BCUT2D eigenvalue weighted by Gasteiger charge is -2.24. The Morgan fingerprint density at radius 3 is 2.43 bits per heavy atom. The van der Waals surface area contributed by atoms with Gasteiger partial charge in [0.15, 0.2) is 5.13 Å². The van der Waals surface area contributed by atoms with Gasteiger partial charge in [0.1, 0.15) is 5.52 Å². The number of carbonyl (C=O) groups excluding carboxylic acids is 1. The first-order chi connectivity index (χ1) is 17.8. The number of halogens is 1. The Bertz CT molecular complexity index is 1300. The van der Waals surface area contributed by atoms with Crippen LogP contribution in [0.25, 0.3) is 10.2 Å². The molecule has 1 amide bonds. The van der Waals surface area contributed by atoms with Crippen molar-refractivity contribution in [1.29, 1.82) is 0 Å². The Hall–Kier alpha value is -2.12. The Labute approximate surface area is 225 Å². The summed E-state index contributed by atoms with van der Waals surface area (Å²) in [5, 5.41) is 1.04. The van der Waals surface area contributed by atoms with Crippen LogP contribution in [-0.2, 0) is 24.2 Å².